The van der Waals surface area contributed by atoms with Crippen LogP contribution in [0.5, 0.6) is 5.88 Å². The van der Waals surface area contributed by atoms with Crippen molar-refractivity contribution in [2.75, 3.05) is 7.11 Å². The number of ether oxygens (including phenoxy) is 1. The Balaban J connectivity index is 2.15. The normalized spacial score (nSPS) is 12.2. The van der Waals surface area contributed by atoms with Crippen LogP contribution >= 0.6 is 15.9 Å². The van der Waals surface area contributed by atoms with Gasteiger partial charge in [-0.1, -0.05) is 28.1 Å². The number of benzene rings is 1. The Bertz CT molecular complexity index is 575. The zero-order chi connectivity index (χ0) is 13.8. The lowest BCUT2D eigenvalue weighted by atomic mass is 10.0. The number of rotatable bonds is 4. The summed E-state index contributed by atoms with van der Waals surface area (Å²) >= 11 is 3.45. The lowest BCUT2D eigenvalue weighted by Gasteiger charge is -2.12. The first-order valence-electron chi connectivity index (χ1n) is 5.89. The quantitative estimate of drug-likeness (QED) is 0.940. The average Bonchev–Trinajstić information content (AvgIpc) is 2.42. The SMILES string of the molecule is COc1cc(CC(O)c2ccc(Br)c(C)c2)ncn1. The Hall–Kier alpha value is -1.46. The van der Waals surface area contributed by atoms with Gasteiger partial charge in [-0.15, -0.1) is 0 Å². The van der Waals surface area contributed by atoms with Gasteiger partial charge in [0.25, 0.3) is 0 Å². The first-order valence-corrected chi connectivity index (χ1v) is 6.68. The van der Waals surface area contributed by atoms with Gasteiger partial charge in [-0.05, 0) is 24.1 Å². The molecule has 0 fully saturated rings. The van der Waals surface area contributed by atoms with Crippen molar-refractivity contribution < 1.29 is 9.84 Å². The van der Waals surface area contributed by atoms with E-state index in [1.807, 2.05) is 25.1 Å². The van der Waals surface area contributed by atoms with Gasteiger partial charge in [0.05, 0.1) is 18.9 Å². The molecule has 0 amide bonds. The van der Waals surface area contributed by atoms with Crippen molar-refractivity contribution >= 4 is 15.9 Å². The minimum atomic E-state index is -0.591. The summed E-state index contributed by atoms with van der Waals surface area (Å²) in [4.78, 5) is 8.07. The molecule has 0 aliphatic heterocycles. The van der Waals surface area contributed by atoms with Crippen LogP contribution in [0.3, 0.4) is 0 Å². The van der Waals surface area contributed by atoms with E-state index in [2.05, 4.69) is 25.9 Å². The second-order valence-electron chi connectivity index (χ2n) is 4.28. The maximum atomic E-state index is 10.2. The van der Waals surface area contributed by atoms with Crippen LogP contribution in [0.15, 0.2) is 35.1 Å². The van der Waals surface area contributed by atoms with Crippen LogP contribution in [0.4, 0.5) is 0 Å². The maximum Gasteiger partial charge on any atom is 0.216 e. The second-order valence-corrected chi connectivity index (χ2v) is 5.13. The summed E-state index contributed by atoms with van der Waals surface area (Å²) in [5, 5.41) is 10.2. The molecule has 0 saturated carbocycles. The molecule has 0 radical (unpaired) electrons. The lowest BCUT2D eigenvalue weighted by molar-refractivity contribution is 0.177. The summed E-state index contributed by atoms with van der Waals surface area (Å²) in [5.41, 5.74) is 2.72. The van der Waals surface area contributed by atoms with Gasteiger partial charge in [0.15, 0.2) is 0 Å². The lowest BCUT2D eigenvalue weighted by Crippen LogP contribution is -2.04. The van der Waals surface area contributed by atoms with Crippen LogP contribution in [0, 0.1) is 6.92 Å². The van der Waals surface area contributed by atoms with Gasteiger partial charge in [-0.2, -0.15) is 0 Å². The van der Waals surface area contributed by atoms with Crippen LogP contribution in [0.2, 0.25) is 0 Å². The first kappa shape index (κ1) is 14.0. The van der Waals surface area contributed by atoms with Crippen LogP contribution in [0.1, 0.15) is 22.9 Å². The fourth-order valence-electron chi connectivity index (χ4n) is 1.79. The van der Waals surface area contributed by atoms with E-state index in [-0.39, 0.29) is 0 Å². The molecule has 2 rings (SSSR count). The van der Waals surface area contributed by atoms with Gasteiger partial charge in [0.1, 0.15) is 6.33 Å². The molecular weight excluding hydrogens is 308 g/mol. The Labute approximate surface area is 120 Å². The third kappa shape index (κ3) is 3.52. The third-order valence-electron chi connectivity index (χ3n) is 2.88. The molecule has 1 unspecified atom stereocenters. The highest BCUT2D eigenvalue weighted by molar-refractivity contribution is 9.10. The van der Waals surface area contributed by atoms with Gasteiger partial charge in [0, 0.05) is 17.0 Å². The molecule has 0 spiro atoms. The number of aromatic nitrogens is 2. The summed E-state index contributed by atoms with van der Waals surface area (Å²) in [6, 6.07) is 7.54. The molecule has 1 aromatic heterocycles. The molecule has 5 heteroatoms. The molecule has 0 saturated heterocycles. The summed E-state index contributed by atoms with van der Waals surface area (Å²) in [5.74, 6) is 0.504. The molecule has 19 heavy (non-hydrogen) atoms. The molecule has 4 nitrogen and oxygen atoms in total. The van der Waals surface area contributed by atoms with Crippen molar-refractivity contribution in [1.82, 2.24) is 9.97 Å². The third-order valence-corrected chi connectivity index (χ3v) is 3.77. The van der Waals surface area contributed by atoms with Crippen molar-refractivity contribution in [1.29, 1.82) is 0 Å². The number of nitrogens with zero attached hydrogens (tertiary/aromatic N) is 2. The molecule has 0 aliphatic carbocycles. The van der Waals surface area contributed by atoms with Crippen LogP contribution in [0.25, 0.3) is 0 Å². The molecule has 1 heterocycles. The molecular formula is C14H15BrN2O2. The van der Waals surface area contributed by atoms with Crippen LogP contribution in [-0.4, -0.2) is 22.2 Å². The molecule has 1 aromatic carbocycles. The Kier molecular flexibility index (Phi) is 4.50. The average molecular weight is 323 g/mol. The number of aryl methyl sites for hydroxylation is 1. The zero-order valence-electron chi connectivity index (χ0n) is 10.8. The van der Waals surface area contributed by atoms with Crippen molar-refractivity contribution in [3.8, 4) is 5.88 Å². The Morgan fingerprint density at radius 2 is 2.11 bits per heavy atom. The molecule has 0 bridgehead atoms. The Morgan fingerprint density at radius 1 is 1.32 bits per heavy atom. The molecule has 1 atom stereocenters. The summed E-state index contributed by atoms with van der Waals surface area (Å²) < 4.78 is 6.07. The van der Waals surface area contributed by atoms with E-state index in [1.54, 1.807) is 13.2 Å². The van der Waals surface area contributed by atoms with Crippen LogP contribution < -0.4 is 4.74 Å². The summed E-state index contributed by atoms with van der Waals surface area (Å²) in [6.07, 6.45) is 1.28. The standard InChI is InChI=1S/C14H15BrN2O2/c1-9-5-10(3-4-12(9)15)13(18)6-11-7-14(19-2)17-8-16-11/h3-5,7-8,13,18H,6H2,1-2H3. The largest absolute Gasteiger partial charge is 0.481 e. The molecule has 0 aliphatic rings. The number of aliphatic hydroxyl groups is 1. The van der Waals surface area contributed by atoms with E-state index >= 15 is 0 Å². The highest BCUT2D eigenvalue weighted by Gasteiger charge is 2.11. The smallest absolute Gasteiger partial charge is 0.216 e. The van der Waals surface area contributed by atoms with E-state index in [0.717, 1.165) is 21.3 Å². The fraction of sp³-hybridized carbons (Fsp3) is 0.286. The van der Waals surface area contributed by atoms with Gasteiger partial charge in [-0.3, -0.25) is 0 Å². The van der Waals surface area contributed by atoms with E-state index in [9.17, 15) is 5.11 Å². The number of hydrogen-bond donors (Lipinski definition) is 1. The van der Waals surface area contributed by atoms with Crippen molar-refractivity contribution in [3.05, 3.63) is 51.9 Å². The van der Waals surface area contributed by atoms with Crippen LogP contribution in [-0.2, 0) is 6.42 Å². The highest BCUT2D eigenvalue weighted by atomic mass is 79.9. The van der Waals surface area contributed by atoms with Crippen molar-refractivity contribution in [2.45, 2.75) is 19.4 Å². The van der Waals surface area contributed by atoms with E-state index in [1.165, 1.54) is 6.33 Å². The van der Waals surface area contributed by atoms with Gasteiger partial charge in [0.2, 0.25) is 5.88 Å². The minimum Gasteiger partial charge on any atom is -0.481 e. The van der Waals surface area contributed by atoms with Gasteiger partial charge < -0.3 is 9.84 Å². The van der Waals surface area contributed by atoms with E-state index < -0.39 is 6.10 Å². The number of methoxy groups -OCH3 is 1. The van der Waals surface area contributed by atoms with Gasteiger partial charge in [-0.25, -0.2) is 9.97 Å². The highest BCUT2D eigenvalue weighted by Crippen LogP contribution is 2.23. The van der Waals surface area contributed by atoms with Crippen molar-refractivity contribution in [2.24, 2.45) is 0 Å². The number of aliphatic hydroxyl groups excluding tert-OH is 1. The minimum absolute atomic E-state index is 0.431. The number of halogens is 1. The Morgan fingerprint density at radius 3 is 2.79 bits per heavy atom. The maximum absolute atomic E-state index is 10.2. The summed E-state index contributed by atoms with van der Waals surface area (Å²) in [6.45, 7) is 1.99. The first-order chi connectivity index (χ1) is 9.10. The molecule has 2 aromatic rings. The van der Waals surface area contributed by atoms with E-state index in [0.29, 0.717) is 12.3 Å². The predicted molar refractivity (Wildman–Crippen MR) is 76.1 cm³/mol. The monoisotopic (exact) mass is 322 g/mol. The van der Waals surface area contributed by atoms with E-state index in [4.69, 9.17) is 4.74 Å². The topological polar surface area (TPSA) is 55.2 Å². The zero-order valence-corrected chi connectivity index (χ0v) is 12.4. The van der Waals surface area contributed by atoms with Gasteiger partial charge >= 0.3 is 0 Å². The molecule has 1 N–H and O–H groups in total. The fourth-order valence-corrected chi connectivity index (χ4v) is 2.04. The molecule has 100 valence electrons. The van der Waals surface area contributed by atoms with Crippen molar-refractivity contribution in [3.63, 3.8) is 0 Å². The number of hydrogen-bond acceptors (Lipinski definition) is 4. The predicted octanol–water partition coefficient (Wildman–Crippen LogP) is 2.83. The summed E-state index contributed by atoms with van der Waals surface area (Å²) in [7, 11) is 1.56. The second kappa shape index (κ2) is 6.12.